The number of aliphatic hydroxyl groups excluding tert-OH is 1. The predicted molar refractivity (Wildman–Crippen MR) is 73.3 cm³/mol. The van der Waals surface area contributed by atoms with Crippen molar-refractivity contribution in [2.24, 2.45) is 0 Å². The highest BCUT2D eigenvalue weighted by Gasteiger charge is 2.08. The summed E-state index contributed by atoms with van der Waals surface area (Å²) in [5.74, 6) is 0. The van der Waals surface area contributed by atoms with Crippen LogP contribution >= 0.6 is 0 Å². The molecule has 1 aromatic carbocycles. The highest BCUT2D eigenvalue weighted by Crippen LogP contribution is 2.22. The van der Waals surface area contributed by atoms with Gasteiger partial charge >= 0.3 is 0 Å². The maximum atomic E-state index is 10.1. The Labute approximate surface area is 108 Å². The topological polar surface area (TPSA) is 46.0 Å². The van der Waals surface area contributed by atoms with Crippen LogP contribution in [0.1, 0.15) is 50.7 Å². The number of nitrogens with zero attached hydrogens (tertiary/aromatic N) is 2. The molecule has 1 unspecified atom stereocenters. The van der Waals surface area contributed by atoms with Gasteiger partial charge in [0.05, 0.1) is 17.1 Å². The fourth-order valence-corrected chi connectivity index (χ4v) is 2.12. The lowest BCUT2D eigenvalue weighted by atomic mass is 10.0. The second kappa shape index (κ2) is 6.45. The fourth-order valence-electron chi connectivity index (χ4n) is 2.12. The first-order valence-electron chi connectivity index (χ1n) is 6.70. The zero-order valence-electron chi connectivity index (χ0n) is 10.8. The van der Waals surface area contributed by atoms with E-state index in [-0.39, 0.29) is 6.10 Å². The lowest BCUT2D eigenvalue weighted by molar-refractivity contribution is 0.163. The summed E-state index contributed by atoms with van der Waals surface area (Å²) in [5.41, 5.74) is 2.67. The standard InChI is InChI=1S/C15H20N2O/c1-2-3-4-5-6-15(18)12-7-8-13-14(11-12)17-10-9-16-13/h7-11,15,18H,2-6H2,1H3. The van der Waals surface area contributed by atoms with Gasteiger partial charge in [-0.15, -0.1) is 0 Å². The maximum absolute atomic E-state index is 10.1. The number of hydrogen-bond donors (Lipinski definition) is 1. The summed E-state index contributed by atoms with van der Waals surface area (Å²) < 4.78 is 0. The summed E-state index contributed by atoms with van der Waals surface area (Å²) in [7, 11) is 0. The van der Waals surface area contributed by atoms with Crippen LogP contribution in [0.15, 0.2) is 30.6 Å². The van der Waals surface area contributed by atoms with Crippen molar-refractivity contribution in [2.45, 2.75) is 45.1 Å². The first kappa shape index (κ1) is 13.0. The highest BCUT2D eigenvalue weighted by molar-refractivity contribution is 5.74. The average molecular weight is 244 g/mol. The molecule has 3 nitrogen and oxygen atoms in total. The molecule has 0 radical (unpaired) electrons. The number of aliphatic hydroxyl groups is 1. The third kappa shape index (κ3) is 3.26. The Morgan fingerprint density at radius 1 is 1.06 bits per heavy atom. The molecule has 0 spiro atoms. The smallest absolute Gasteiger partial charge is 0.0890 e. The van der Waals surface area contributed by atoms with Gasteiger partial charge < -0.3 is 5.11 Å². The van der Waals surface area contributed by atoms with Crippen molar-refractivity contribution in [2.75, 3.05) is 0 Å². The van der Waals surface area contributed by atoms with E-state index in [1.54, 1.807) is 12.4 Å². The van der Waals surface area contributed by atoms with Gasteiger partial charge in [0.25, 0.3) is 0 Å². The summed E-state index contributed by atoms with van der Waals surface area (Å²) in [6.45, 7) is 2.19. The van der Waals surface area contributed by atoms with Gasteiger partial charge in [0.15, 0.2) is 0 Å². The Morgan fingerprint density at radius 3 is 2.61 bits per heavy atom. The van der Waals surface area contributed by atoms with E-state index < -0.39 is 0 Å². The van der Waals surface area contributed by atoms with Crippen LogP contribution in [0.25, 0.3) is 11.0 Å². The SMILES string of the molecule is CCCCCCC(O)c1ccc2nccnc2c1. The molecule has 2 rings (SSSR count). The summed E-state index contributed by atoms with van der Waals surface area (Å²) in [6.07, 6.45) is 8.55. The van der Waals surface area contributed by atoms with E-state index in [0.29, 0.717) is 0 Å². The third-order valence-corrected chi connectivity index (χ3v) is 3.21. The van der Waals surface area contributed by atoms with Crippen molar-refractivity contribution in [3.8, 4) is 0 Å². The number of benzene rings is 1. The number of aromatic nitrogens is 2. The molecule has 1 N–H and O–H groups in total. The van der Waals surface area contributed by atoms with Gasteiger partial charge in [-0.05, 0) is 24.1 Å². The lowest BCUT2D eigenvalue weighted by Crippen LogP contribution is -1.98. The molecule has 0 saturated heterocycles. The highest BCUT2D eigenvalue weighted by atomic mass is 16.3. The molecule has 0 fully saturated rings. The van der Waals surface area contributed by atoms with Crippen molar-refractivity contribution < 1.29 is 5.11 Å². The molecule has 0 saturated carbocycles. The molecule has 0 aliphatic carbocycles. The van der Waals surface area contributed by atoms with Crippen molar-refractivity contribution in [3.05, 3.63) is 36.2 Å². The molecule has 2 aromatic rings. The van der Waals surface area contributed by atoms with Crippen LogP contribution in [0, 0.1) is 0 Å². The monoisotopic (exact) mass is 244 g/mol. The van der Waals surface area contributed by atoms with E-state index in [9.17, 15) is 5.11 Å². The second-order valence-corrected chi connectivity index (χ2v) is 4.67. The summed E-state index contributed by atoms with van der Waals surface area (Å²) >= 11 is 0. The third-order valence-electron chi connectivity index (χ3n) is 3.21. The molecule has 18 heavy (non-hydrogen) atoms. The van der Waals surface area contributed by atoms with Crippen molar-refractivity contribution in [1.82, 2.24) is 9.97 Å². The predicted octanol–water partition coefficient (Wildman–Crippen LogP) is 3.63. The van der Waals surface area contributed by atoms with Gasteiger partial charge in [-0.1, -0.05) is 38.7 Å². The van der Waals surface area contributed by atoms with Crippen LogP contribution in [-0.4, -0.2) is 15.1 Å². The van der Waals surface area contributed by atoms with Crippen LogP contribution in [0.5, 0.6) is 0 Å². The lowest BCUT2D eigenvalue weighted by Gasteiger charge is -2.11. The van der Waals surface area contributed by atoms with Crippen LogP contribution < -0.4 is 0 Å². The minimum Gasteiger partial charge on any atom is -0.388 e. The quantitative estimate of drug-likeness (QED) is 0.789. The van der Waals surface area contributed by atoms with E-state index in [1.165, 1.54) is 19.3 Å². The molecule has 1 heterocycles. The molecule has 0 aliphatic heterocycles. The Balaban J connectivity index is 2.01. The second-order valence-electron chi connectivity index (χ2n) is 4.67. The minimum absolute atomic E-state index is 0.381. The molecular weight excluding hydrogens is 224 g/mol. The molecule has 96 valence electrons. The van der Waals surface area contributed by atoms with E-state index >= 15 is 0 Å². The van der Waals surface area contributed by atoms with Gasteiger partial charge in [-0.25, -0.2) is 0 Å². The minimum atomic E-state index is -0.381. The average Bonchev–Trinajstić information content (AvgIpc) is 2.43. The van der Waals surface area contributed by atoms with Gasteiger partial charge in [-0.2, -0.15) is 0 Å². The van der Waals surface area contributed by atoms with E-state index in [1.807, 2.05) is 18.2 Å². The zero-order chi connectivity index (χ0) is 12.8. The summed E-state index contributed by atoms with van der Waals surface area (Å²) in [5, 5.41) is 10.1. The molecule has 1 atom stereocenters. The normalized spacial score (nSPS) is 12.8. The number of unbranched alkanes of at least 4 members (excludes halogenated alkanes) is 3. The van der Waals surface area contributed by atoms with Crippen molar-refractivity contribution in [1.29, 1.82) is 0 Å². The number of hydrogen-bond acceptors (Lipinski definition) is 3. The summed E-state index contributed by atoms with van der Waals surface area (Å²) in [4.78, 5) is 8.48. The van der Waals surface area contributed by atoms with E-state index in [0.717, 1.165) is 29.4 Å². The van der Waals surface area contributed by atoms with Crippen LogP contribution in [0.2, 0.25) is 0 Å². The number of rotatable bonds is 6. The molecule has 3 heteroatoms. The first-order chi connectivity index (χ1) is 8.81. The van der Waals surface area contributed by atoms with Crippen molar-refractivity contribution >= 4 is 11.0 Å². The molecular formula is C15H20N2O. The molecule has 0 bridgehead atoms. The Hall–Kier alpha value is -1.48. The fraction of sp³-hybridized carbons (Fsp3) is 0.467. The largest absolute Gasteiger partial charge is 0.388 e. The van der Waals surface area contributed by atoms with Gasteiger partial charge in [-0.3, -0.25) is 9.97 Å². The Kier molecular flexibility index (Phi) is 4.65. The van der Waals surface area contributed by atoms with Crippen LogP contribution in [0.4, 0.5) is 0 Å². The van der Waals surface area contributed by atoms with Crippen LogP contribution in [0.3, 0.4) is 0 Å². The Morgan fingerprint density at radius 2 is 1.83 bits per heavy atom. The zero-order valence-corrected chi connectivity index (χ0v) is 10.8. The van der Waals surface area contributed by atoms with E-state index in [4.69, 9.17) is 0 Å². The van der Waals surface area contributed by atoms with Gasteiger partial charge in [0.1, 0.15) is 0 Å². The van der Waals surface area contributed by atoms with Crippen molar-refractivity contribution in [3.63, 3.8) is 0 Å². The van der Waals surface area contributed by atoms with Gasteiger partial charge in [0, 0.05) is 12.4 Å². The summed E-state index contributed by atoms with van der Waals surface area (Å²) in [6, 6.07) is 5.81. The Bertz CT molecular complexity index is 499. The van der Waals surface area contributed by atoms with Gasteiger partial charge in [0.2, 0.25) is 0 Å². The maximum Gasteiger partial charge on any atom is 0.0890 e. The molecule has 1 aromatic heterocycles. The van der Waals surface area contributed by atoms with Crippen LogP contribution in [-0.2, 0) is 0 Å². The van der Waals surface area contributed by atoms with E-state index in [2.05, 4.69) is 16.9 Å². The molecule has 0 aliphatic rings. The number of fused-ring (bicyclic) bond motifs is 1. The first-order valence-corrected chi connectivity index (χ1v) is 6.70. The molecule has 0 amide bonds.